The van der Waals surface area contributed by atoms with Gasteiger partial charge in [-0.05, 0) is 17.2 Å². The van der Waals surface area contributed by atoms with E-state index in [4.69, 9.17) is 4.74 Å². The quantitative estimate of drug-likeness (QED) is 0.541. The first-order chi connectivity index (χ1) is 16.5. The van der Waals surface area contributed by atoms with E-state index in [1.54, 1.807) is 35.8 Å². The van der Waals surface area contributed by atoms with Crippen molar-refractivity contribution in [1.29, 1.82) is 0 Å². The number of rotatable bonds is 8. The molecule has 2 N–H and O–H groups in total. The highest BCUT2D eigenvalue weighted by atomic mass is 19.4. The first kappa shape index (κ1) is 25.4. The normalized spacial score (nSPS) is 21.3. The zero-order chi connectivity index (χ0) is 25.4. The molecule has 3 atom stereocenters. The van der Waals surface area contributed by atoms with Gasteiger partial charge in [0, 0.05) is 31.4 Å². The average molecular weight is 503 g/mol. The number of aliphatic hydroxyl groups excluding tert-OH is 1. The number of benzene rings is 1. The summed E-state index contributed by atoms with van der Waals surface area (Å²) in [6.07, 6.45) is -9.30. The molecule has 35 heavy (non-hydrogen) atoms. The number of amides is 1. The van der Waals surface area contributed by atoms with Crippen LogP contribution in [0.4, 0.5) is 26.3 Å². The third-order valence-corrected chi connectivity index (χ3v) is 6.34. The van der Waals surface area contributed by atoms with E-state index in [0.29, 0.717) is 25.3 Å². The number of aromatic nitrogens is 1. The van der Waals surface area contributed by atoms with Gasteiger partial charge in [-0.1, -0.05) is 30.3 Å². The molecule has 190 valence electrons. The Morgan fingerprint density at radius 1 is 1.17 bits per heavy atom. The topological polar surface area (TPSA) is 74.7 Å². The minimum Gasteiger partial charge on any atom is -0.386 e. The summed E-state index contributed by atoms with van der Waals surface area (Å²) in [7, 11) is 0. The van der Waals surface area contributed by atoms with E-state index in [-0.39, 0.29) is 12.2 Å². The predicted molar refractivity (Wildman–Crippen MR) is 112 cm³/mol. The summed E-state index contributed by atoms with van der Waals surface area (Å²) in [5, 5.41) is 12.0. The summed E-state index contributed by atoms with van der Waals surface area (Å²) in [5.74, 6) is -1.66. The summed E-state index contributed by atoms with van der Waals surface area (Å²) in [5.41, 5.74) is 1.52. The Morgan fingerprint density at radius 2 is 1.83 bits per heavy atom. The van der Waals surface area contributed by atoms with Crippen LogP contribution in [-0.4, -0.2) is 72.0 Å². The lowest BCUT2D eigenvalue weighted by Crippen LogP contribution is -2.73. The van der Waals surface area contributed by atoms with Crippen LogP contribution in [0.3, 0.4) is 0 Å². The van der Waals surface area contributed by atoms with Crippen LogP contribution in [0.1, 0.15) is 17.4 Å². The number of likely N-dealkylation sites (tertiary alicyclic amines) is 1. The number of pyridine rings is 1. The third kappa shape index (κ3) is 5.29. The second-order valence-electron chi connectivity index (χ2n) is 8.92. The van der Waals surface area contributed by atoms with Gasteiger partial charge in [0.1, 0.15) is 12.8 Å². The molecule has 1 aromatic heterocycles. The minimum atomic E-state index is -4.36. The van der Waals surface area contributed by atoms with Gasteiger partial charge >= 0.3 is 12.6 Å². The first-order valence-corrected chi connectivity index (χ1v) is 10.8. The molecule has 2 aliphatic rings. The smallest absolute Gasteiger partial charge is 0.386 e. The number of ether oxygens (including phenoxy) is 1. The summed E-state index contributed by atoms with van der Waals surface area (Å²) in [6.45, 7) is -0.124. The van der Waals surface area contributed by atoms with Gasteiger partial charge in [0.25, 0.3) is 5.91 Å². The third-order valence-electron chi connectivity index (χ3n) is 6.34. The average Bonchev–Trinajstić information content (AvgIpc) is 2.77. The van der Waals surface area contributed by atoms with Gasteiger partial charge in [-0.2, -0.15) is 22.0 Å². The number of nitrogens with one attached hydrogen (secondary N) is 1. The molecule has 12 heteroatoms. The minimum absolute atomic E-state index is 0.107. The molecule has 0 aliphatic carbocycles. The summed E-state index contributed by atoms with van der Waals surface area (Å²) < 4.78 is 81.5. The Labute approximate surface area is 196 Å². The summed E-state index contributed by atoms with van der Waals surface area (Å²) >= 11 is 0. The maximum Gasteiger partial charge on any atom is 0.415 e. The van der Waals surface area contributed by atoms with E-state index in [1.807, 2.05) is 4.90 Å². The van der Waals surface area contributed by atoms with Crippen LogP contribution in [-0.2, 0) is 16.1 Å². The van der Waals surface area contributed by atoms with E-state index < -0.39 is 48.8 Å². The van der Waals surface area contributed by atoms with Gasteiger partial charge < -0.3 is 15.2 Å². The van der Waals surface area contributed by atoms with Crippen LogP contribution in [0.5, 0.6) is 0 Å². The first-order valence-electron chi connectivity index (χ1n) is 10.8. The van der Waals surface area contributed by atoms with E-state index in [1.165, 1.54) is 12.1 Å². The Morgan fingerprint density at radius 3 is 2.31 bits per heavy atom. The fraction of sp³-hybridized carbons (Fsp3) is 0.478. The van der Waals surface area contributed by atoms with Crippen molar-refractivity contribution >= 4 is 5.91 Å². The Bertz CT molecular complexity index is 1030. The van der Waals surface area contributed by atoms with Crippen molar-refractivity contribution in [3.05, 3.63) is 53.9 Å². The van der Waals surface area contributed by atoms with Gasteiger partial charge in [-0.3, -0.25) is 14.7 Å². The summed E-state index contributed by atoms with van der Waals surface area (Å²) in [4.78, 5) is 17.4. The Balaban J connectivity index is 1.33. The largest absolute Gasteiger partial charge is 0.415 e. The van der Waals surface area contributed by atoms with Gasteiger partial charge in [0.05, 0.1) is 23.8 Å². The van der Waals surface area contributed by atoms with Crippen LogP contribution in [0, 0.1) is 5.41 Å². The number of nitrogens with zero attached hydrogens (tertiary/aromatic N) is 2. The van der Waals surface area contributed by atoms with Crippen molar-refractivity contribution in [3.63, 3.8) is 0 Å². The number of aliphatic hydroxyl groups is 1. The van der Waals surface area contributed by atoms with Gasteiger partial charge in [0.15, 0.2) is 6.10 Å². The van der Waals surface area contributed by atoms with Crippen molar-refractivity contribution in [3.8, 4) is 11.1 Å². The molecule has 2 fully saturated rings. The van der Waals surface area contributed by atoms with E-state index in [0.717, 1.165) is 11.1 Å². The molecular formula is C23H23F6N3O3. The van der Waals surface area contributed by atoms with Crippen molar-refractivity contribution < 1.29 is 41.0 Å². The lowest BCUT2D eigenvalue weighted by molar-refractivity contribution is -0.351. The lowest BCUT2D eigenvalue weighted by atomic mass is 9.71. The van der Waals surface area contributed by atoms with E-state index in [2.05, 4.69) is 4.98 Å². The number of halogens is 6. The van der Waals surface area contributed by atoms with E-state index in [9.17, 15) is 36.2 Å². The number of hydrogen-bond acceptors (Lipinski definition) is 5. The molecule has 1 amide bonds. The maximum absolute atomic E-state index is 13.2. The van der Waals surface area contributed by atoms with Crippen LogP contribution >= 0.6 is 0 Å². The highest BCUT2D eigenvalue weighted by Gasteiger charge is 2.65. The highest BCUT2D eigenvalue weighted by Crippen LogP contribution is 2.50. The highest BCUT2D eigenvalue weighted by molar-refractivity contribution is 5.79. The monoisotopic (exact) mass is 503 g/mol. The Hall–Kier alpha value is -2.70. The van der Waals surface area contributed by atoms with Crippen molar-refractivity contribution in [2.24, 2.45) is 5.41 Å². The molecular weight excluding hydrogens is 480 g/mol. The standard InChI is InChI=1S/C23H23F6N3O3/c24-7-17(31-20(34)19(25)26)18(33)14-3-1-13(2-4-14)15-5-6-16(30-8-15)9-32-10-22(11-32)12-35-21(22)23(27,28)29/h1-6,8,17-19,21,33H,7,9-12H2,(H,31,34)/t17-,18-,21?/m1/s1. The zero-order valence-corrected chi connectivity index (χ0v) is 18.3. The second kappa shape index (κ2) is 9.75. The SMILES string of the molecule is O=C(N[C@H](CF)[C@H](O)c1ccc(-c2ccc(CN3CC4(COC4C(F)(F)F)C3)nc2)cc1)C(F)F. The molecule has 1 unspecified atom stereocenters. The molecule has 0 bridgehead atoms. The molecule has 1 spiro atoms. The number of carbonyl (C=O) groups excluding carboxylic acids is 1. The number of alkyl halides is 6. The number of hydrogen-bond donors (Lipinski definition) is 2. The van der Waals surface area contributed by atoms with Crippen LogP contribution in [0.2, 0.25) is 0 Å². The lowest BCUT2D eigenvalue weighted by Gasteiger charge is -2.59. The van der Waals surface area contributed by atoms with Crippen molar-refractivity contribution in [2.75, 3.05) is 26.4 Å². The van der Waals surface area contributed by atoms with Crippen LogP contribution in [0.25, 0.3) is 11.1 Å². The second-order valence-corrected chi connectivity index (χ2v) is 8.92. The molecule has 2 aliphatic heterocycles. The van der Waals surface area contributed by atoms with Crippen molar-refractivity contribution in [1.82, 2.24) is 15.2 Å². The maximum atomic E-state index is 13.2. The van der Waals surface area contributed by atoms with Gasteiger partial charge in [-0.25, -0.2) is 4.39 Å². The molecule has 0 radical (unpaired) electrons. The fourth-order valence-corrected chi connectivity index (χ4v) is 4.53. The molecule has 4 rings (SSSR count). The zero-order valence-electron chi connectivity index (χ0n) is 18.3. The molecule has 2 saturated heterocycles. The van der Waals surface area contributed by atoms with Crippen molar-refractivity contribution in [2.45, 2.75) is 37.4 Å². The summed E-state index contributed by atoms with van der Waals surface area (Å²) in [6, 6.07) is 8.29. The molecule has 2 aromatic rings. The molecule has 3 heterocycles. The predicted octanol–water partition coefficient (Wildman–Crippen LogP) is 3.26. The van der Waals surface area contributed by atoms with Gasteiger partial charge in [-0.15, -0.1) is 0 Å². The van der Waals surface area contributed by atoms with Crippen LogP contribution in [0.15, 0.2) is 42.6 Å². The molecule has 0 saturated carbocycles. The molecule has 6 nitrogen and oxygen atoms in total. The molecule has 1 aromatic carbocycles. The van der Waals surface area contributed by atoms with Gasteiger partial charge in [0.2, 0.25) is 0 Å². The number of carbonyl (C=O) groups is 1. The van der Waals surface area contributed by atoms with E-state index >= 15 is 0 Å². The Kier molecular flexibility index (Phi) is 7.07. The van der Waals surface area contributed by atoms with Crippen LogP contribution < -0.4 is 5.32 Å². The fourth-order valence-electron chi connectivity index (χ4n) is 4.53.